The van der Waals surface area contributed by atoms with Gasteiger partial charge in [0.15, 0.2) is 5.58 Å². The third-order valence-electron chi connectivity index (χ3n) is 3.37. The Morgan fingerprint density at radius 3 is 3.00 bits per heavy atom. The van der Waals surface area contributed by atoms with Crippen LogP contribution in [0.15, 0.2) is 22.6 Å². The molecule has 7 nitrogen and oxygen atoms in total. The van der Waals surface area contributed by atoms with E-state index in [9.17, 15) is 14.7 Å². The number of aromatic nitrogens is 1. The Morgan fingerprint density at radius 1 is 1.52 bits per heavy atom. The topological polar surface area (TPSA) is 98.5 Å². The zero-order valence-electron chi connectivity index (χ0n) is 11.8. The number of anilines is 1. The van der Waals surface area contributed by atoms with Crippen LogP contribution in [0.1, 0.15) is 17.3 Å². The minimum atomic E-state index is -1.31. The molecule has 1 amide bonds. The molecular formula is C13H12KN3O4. The normalized spacial score (nSPS) is 18.2. The molecule has 3 rings (SSSR count). The van der Waals surface area contributed by atoms with Crippen molar-refractivity contribution in [3.63, 3.8) is 0 Å². The number of para-hydroxylation sites is 1. The number of amides is 1. The van der Waals surface area contributed by atoms with Crippen LogP contribution in [0, 0.1) is 0 Å². The summed E-state index contributed by atoms with van der Waals surface area (Å²) in [5, 5.41) is 13.8. The molecule has 0 bridgehead atoms. The van der Waals surface area contributed by atoms with E-state index in [2.05, 4.69) is 10.3 Å². The predicted octanol–water partition coefficient (Wildman–Crippen LogP) is -3.48. The Morgan fingerprint density at radius 2 is 2.29 bits per heavy atom. The van der Waals surface area contributed by atoms with Crippen molar-refractivity contribution in [1.82, 2.24) is 10.3 Å². The molecule has 1 aliphatic rings. The fourth-order valence-electron chi connectivity index (χ4n) is 2.27. The van der Waals surface area contributed by atoms with E-state index in [1.807, 2.05) is 0 Å². The minimum absolute atomic E-state index is 0. The molecule has 1 aliphatic heterocycles. The van der Waals surface area contributed by atoms with Gasteiger partial charge < -0.3 is 24.5 Å². The smallest absolute Gasteiger partial charge is 0.545 e. The quantitative estimate of drug-likeness (QED) is 0.578. The summed E-state index contributed by atoms with van der Waals surface area (Å²) in [7, 11) is 0. The number of hydrogen-bond donors (Lipinski definition) is 1. The molecule has 1 aromatic heterocycles. The van der Waals surface area contributed by atoms with Crippen molar-refractivity contribution in [3.8, 4) is 0 Å². The minimum Gasteiger partial charge on any atom is -0.545 e. The number of aromatic carboxylic acids is 1. The van der Waals surface area contributed by atoms with Gasteiger partial charge in [-0.05, 0) is 13.0 Å². The number of piperazine rings is 1. The molecule has 0 saturated carbocycles. The number of benzene rings is 1. The molecule has 0 aliphatic carbocycles. The summed E-state index contributed by atoms with van der Waals surface area (Å²) in [6.07, 6.45) is 0. The summed E-state index contributed by atoms with van der Waals surface area (Å²) in [6.45, 7) is 2.79. The van der Waals surface area contributed by atoms with Gasteiger partial charge in [-0.15, -0.1) is 0 Å². The maximum atomic E-state index is 11.6. The number of fused-ring (bicyclic) bond motifs is 1. The molecule has 8 heteroatoms. The molecule has 1 atom stereocenters. The van der Waals surface area contributed by atoms with Crippen LogP contribution in [0.25, 0.3) is 11.1 Å². The van der Waals surface area contributed by atoms with Gasteiger partial charge in [-0.25, -0.2) is 0 Å². The van der Waals surface area contributed by atoms with Gasteiger partial charge >= 0.3 is 51.4 Å². The van der Waals surface area contributed by atoms with Crippen molar-refractivity contribution >= 4 is 29.0 Å². The van der Waals surface area contributed by atoms with E-state index < -0.39 is 12.0 Å². The van der Waals surface area contributed by atoms with Gasteiger partial charge in [-0.2, -0.15) is 4.98 Å². The summed E-state index contributed by atoms with van der Waals surface area (Å²) in [6, 6.07) is 4.44. The number of carbonyl (C=O) groups is 2. The Balaban J connectivity index is 0.00000161. The average molecular weight is 313 g/mol. The molecule has 1 fully saturated rings. The fourth-order valence-corrected chi connectivity index (χ4v) is 2.27. The summed E-state index contributed by atoms with van der Waals surface area (Å²) < 4.78 is 5.56. The molecule has 1 unspecified atom stereocenters. The third-order valence-corrected chi connectivity index (χ3v) is 3.37. The zero-order chi connectivity index (χ0) is 14.3. The first-order valence-corrected chi connectivity index (χ1v) is 6.23. The van der Waals surface area contributed by atoms with Gasteiger partial charge in [-0.3, -0.25) is 4.79 Å². The number of nitrogens with zero attached hydrogens (tertiary/aromatic N) is 2. The van der Waals surface area contributed by atoms with E-state index in [-0.39, 0.29) is 74.4 Å². The van der Waals surface area contributed by atoms with Gasteiger partial charge in [0.25, 0.3) is 6.01 Å². The van der Waals surface area contributed by atoms with Crippen LogP contribution in [-0.4, -0.2) is 36.0 Å². The van der Waals surface area contributed by atoms with Crippen molar-refractivity contribution < 1.29 is 70.5 Å². The van der Waals surface area contributed by atoms with E-state index in [1.54, 1.807) is 24.0 Å². The van der Waals surface area contributed by atoms with Gasteiger partial charge in [0.2, 0.25) is 5.91 Å². The number of oxazole rings is 1. The number of hydrogen-bond acceptors (Lipinski definition) is 6. The van der Waals surface area contributed by atoms with Crippen molar-refractivity contribution in [2.75, 3.05) is 18.0 Å². The van der Waals surface area contributed by atoms with Gasteiger partial charge in [-0.1, -0.05) is 12.1 Å². The Labute approximate surface area is 163 Å². The van der Waals surface area contributed by atoms with E-state index in [1.165, 1.54) is 6.07 Å². The maximum absolute atomic E-state index is 11.6. The first kappa shape index (κ1) is 16.4. The summed E-state index contributed by atoms with van der Waals surface area (Å²) in [4.78, 5) is 28.6. The van der Waals surface area contributed by atoms with Gasteiger partial charge in [0, 0.05) is 18.7 Å². The second-order valence-electron chi connectivity index (χ2n) is 4.60. The van der Waals surface area contributed by atoms with Crippen LogP contribution in [0.3, 0.4) is 0 Å². The summed E-state index contributed by atoms with van der Waals surface area (Å²) in [5.41, 5.74) is 0.576. The Kier molecular flexibility index (Phi) is 5.05. The number of carboxylic acid groups (broad SMARTS) is 1. The maximum Gasteiger partial charge on any atom is 1.00 e. The summed E-state index contributed by atoms with van der Waals surface area (Å²) in [5.74, 6) is -1.42. The third kappa shape index (κ3) is 2.99. The Bertz CT molecular complexity index is 700. The molecule has 1 N–H and O–H groups in total. The second-order valence-corrected chi connectivity index (χ2v) is 4.60. The standard InChI is InChI=1S/C13H13N3O4.K/c1-7-11(17)14-5-6-16(7)13-15-10-8(12(18)19)3-2-4-9(10)20-13;/h2-4,7H,5-6H2,1H3,(H,14,17)(H,18,19);/q;+1/p-1. The van der Waals surface area contributed by atoms with Crippen LogP contribution in [-0.2, 0) is 4.79 Å². The molecule has 104 valence electrons. The van der Waals surface area contributed by atoms with Crippen LogP contribution in [0.4, 0.5) is 6.01 Å². The molecule has 1 saturated heterocycles. The Hall–Kier alpha value is -0.934. The molecular weight excluding hydrogens is 301 g/mol. The molecule has 21 heavy (non-hydrogen) atoms. The van der Waals surface area contributed by atoms with Crippen LogP contribution >= 0.6 is 0 Å². The van der Waals surface area contributed by atoms with Crippen LogP contribution < -0.4 is 66.7 Å². The predicted molar refractivity (Wildman–Crippen MR) is 68.2 cm³/mol. The molecule has 2 heterocycles. The first-order valence-electron chi connectivity index (χ1n) is 6.23. The molecule has 2 aromatic rings. The summed E-state index contributed by atoms with van der Waals surface area (Å²) >= 11 is 0. The SMILES string of the molecule is CC1C(=O)NCCN1c1nc2c(C(=O)[O-])cccc2o1.[K+]. The van der Waals surface area contributed by atoms with Gasteiger partial charge in [0.05, 0.1) is 5.97 Å². The number of nitrogens with one attached hydrogen (secondary N) is 1. The number of carboxylic acids is 1. The molecule has 0 radical (unpaired) electrons. The van der Waals surface area contributed by atoms with Crippen molar-refractivity contribution in [2.24, 2.45) is 0 Å². The molecule has 0 spiro atoms. The van der Waals surface area contributed by atoms with Crippen molar-refractivity contribution in [3.05, 3.63) is 23.8 Å². The average Bonchev–Trinajstić information content (AvgIpc) is 2.84. The van der Waals surface area contributed by atoms with E-state index in [0.717, 1.165) is 0 Å². The largest absolute Gasteiger partial charge is 1.00 e. The van der Waals surface area contributed by atoms with Crippen LogP contribution in [0.2, 0.25) is 0 Å². The van der Waals surface area contributed by atoms with Crippen molar-refractivity contribution in [1.29, 1.82) is 0 Å². The number of rotatable bonds is 2. The van der Waals surface area contributed by atoms with E-state index in [4.69, 9.17) is 4.42 Å². The second kappa shape index (κ2) is 6.45. The van der Waals surface area contributed by atoms with Crippen molar-refractivity contribution in [2.45, 2.75) is 13.0 Å². The zero-order valence-corrected chi connectivity index (χ0v) is 14.9. The number of carbonyl (C=O) groups excluding carboxylic acids is 2. The van der Waals surface area contributed by atoms with Crippen LogP contribution in [0.5, 0.6) is 0 Å². The monoisotopic (exact) mass is 313 g/mol. The van der Waals surface area contributed by atoms with Gasteiger partial charge in [0.1, 0.15) is 11.6 Å². The van der Waals surface area contributed by atoms with E-state index in [0.29, 0.717) is 18.7 Å². The molecule has 1 aromatic carbocycles. The first-order chi connectivity index (χ1) is 9.58. The van der Waals surface area contributed by atoms with E-state index >= 15 is 0 Å². The fraction of sp³-hybridized carbons (Fsp3) is 0.308.